The van der Waals surface area contributed by atoms with Gasteiger partial charge in [-0.1, -0.05) is 30.3 Å². The van der Waals surface area contributed by atoms with Crippen molar-refractivity contribution in [2.24, 2.45) is 5.10 Å². The molecular weight excluding hydrogens is 387 g/mol. The maximum absolute atomic E-state index is 13.1. The minimum absolute atomic E-state index is 0.271. The zero-order valence-corrected chi connectivity index (χ0v) is 16.8. The first-order chi connectivity index (χ1) is 14.0. The molecule has 2 aromatic carbocycles. The largest absolute Gasteiger partial charge is 0.250 e. The molecule has 0 atom stereocenters. The van der Waals surface area contributed by atoms with Gasteiger partial charge in [0, 0.05) is 12.0 Å². The lowest BCUT2D eigenvalue weighted by Crippen LogP contribution is -2.01. The second kappa shape index (κ2) is 7.92. The second-order valence-electron chi connectivity index (χ2n) is 6.64. The number of hydrogen-bond donors (Lipinski definition) is 1. The van der Waals surface area contributed by atoms with Gasteiger partial charge >= 0.3 is 0 Å². The van der Waals surface area contributed by atoms with Crippen LogP contribution < -0.4 is 0 Å². The smallest absolute Gasteiger partial charge is 0.216 e. The van der Waals surface area contributed by atoms with Crippen molar-refractivity contribution < 1.29 is 4.39 Å². The molecule has 0 saturated heterocycles. The lowest BCUT2D eigenvalue weighted by Gasteiger charge is -2.04. The summed E-state index contributed by atoms with van der Waals surface area (Å²) >= 11 is 5.32. The van der Waals surface area contributed by atoms with Crippen LogP contribution in [0.5, 0.6) is 0 Å². The highest BCUT2D eigenvalue weighted by Crippen LogP contribution is 2.16. The third kappa shape index (κ3) is 3.93. The summed E-state index contributed by atoms with van der Waals surface area (Å²) in [7, 11) is 0. The first-order valence-electron chi connectivity index (χ1n) is 9.09. The molecule has 29 heavy (non-hydrogen) atoms. The maximum Gasteiger partial charge on any atom is 0.216 e. The molecule has 0 amide bonds. The number of aromatic amines is 1. The first kappa shape index (κ1) is 18.9. The van der Waals surface area contributed by atoms with Crippen molar-refractivity contribution in [2.75, 3.05) is 0 Å². The molecule has 4 aromatic rings. The Balaban J connectivity index is 1.65. The van der Waals surface area contributed by atoms with Crippen molar-refractivity contribution in [3.63, 3.8) is 0 Å². The van der Waals surface area contributed by atoms with Gasteiger partial charge < -0.3 is 0 Å². The van der Waals surface area contributed by atoms with Crippen molar-refractivity contribution in [3.05, 3.63) is 93.5 Å². The van der Waals surface area contributed by atoms with Crippen molar-refractivity contribution in [1.82, 2.24) is 24.7 Å². The Hall–Kier alpha value is -3.39. The molecule has 0 radical (unpaired) electrons. The number of rotatable bonds is 5. The lowest BCUT2D eigenvalue weighted by molar-refractivity contribution is 0.627. The summed E-state index contributed by atoms with van der Waals surface area (Å²) in [6.07, 6.45) is 2.22. The lowest BCUT2D eigenvalue weighted by atomic mass is 10.1. The number of H-pyrrole nitrogens is 1. The van der Waals surface area contributed by atoms with Gasteiger partial charge in [0.25, 0.3) is 0 Å². The summed E-state index contributed by atoms with van der Waals surface area (Å²) in [6.45, 7) is 3.95. The normalized spacial score (nSPS) is 11.4. The van der Waals surface area contributed by atoms with Crippen LogP contribution in [0.3, 0.4) is 0 Å². The molecule has 146 valence electrons. The van der Waals surface area contributed by atoms with E-state index in [4.69, 9.17) is 12.2 Å². The molecule has 0 unspecified atom stereocenters. The molecule has 6 nitrogen and oxygen atoms in total. The second-order valence-corrected chi connectivity index (χ2v) is 7.02. The van der Waals surface area contributed by atoms with Gasteiger partial charge in [0.05, 0.1) is 23.3 Å². The van der Waals surface area contributed by atoms with E-state index in [0.717, 1.165) is 28.2 Å². The summed E-state index contributed by atoms with van der Waals surface area (Å²) in [6, 6.07) is 16.2. The monoisotopic (exact) mass is 406 g/mol. The predicted molar refractivity (Wildman–Crippen MR) is 113 cm³/mol. The Morgan fingerprint density at radius 2 is 1.83 bits per heavy atom. The van der Waals surface area contributed by atoms with Crippen LogP contribution in [0.4, 0.5) is 4.39 Å². The van der Waals surface area contributed by atoms with E-state index in [1.165, 1.54) is 12.1 Å². The van der Waals surface area contributed by atoms with E-state index in [2.05, 4.69) is 20.4 Å². The van der Waals surface area contributed by atoms with E-state index in [0.29, 0.717) is 17.0 Å². The van der Waals surface area contributed by atoms with Crippen LogP contribution in [0.25, 0.3) is 5.69 Å². The number of halogens is 1. The van der Waals surface area contributed by atoms with Crippen LogP contribution >= 0.6 is 12.2 Å². The number of aromatic nitrogens is 5. The van der Waals surface area contributed by atoms with Crippen LogP contribution in [0, 0.1) is 24.4 Å². The number of benzene rings is 2. The summed E-state index contributed by atoms with van der Waals surface area (Å²) in [4.78, 5) is 0. The minimum Gasteiger partial charge on any atom is -0.250 e. The highest BCUT2D eigenvalue weighted by Gasteiger charge is 2.12. The topological polar surface area (TPSA) is 63.8 Å². The molecule has 0 spiro atoms. The van der Waals surface area contributed by atoms with Crippen LogP contribution in [0.15, 0.2) is 59.7 Å². The highest BCUT2D eigenvalue weighted by atomic mass is 32.1. The van der Waals surface area contributed by atoms with Gasteiger partial charge in [-0.3, -0.25) is 5.10 Å². The Bertz CT molecular complexity index is 1220. The van der Waals surface area contributed by atoms with Gasteiger partial charge in [-0.05, 0) is 55.9 Å². The Morgan fingerprint density at radius 3 is 2.55 bits per heavy atom. The third-order valence-corrected chi connectivity index (χ3v) is 4.91. The van der Waals surface area contributed by atoms with Gasteiger partial charge in [0.2, 0.25) is 4.77 Å². The number of para-hydroxylation sites is 1. The Morgan fingerprint density at radius 1 is 1.10 bits per heavy atom. The van der Waals surface area contributed by atoms with E-state index < -0.39 is 0 Å². The molecule has 8 heteroatoms. The van der Waals surface area contributed by atoms with Crippen molar-refractivity contribution in [3.8, 4) is 5.69 Å². The molecule has 0 fully saturated rings. The fraction of sp³-hybridized carbons (Fsp3) is 0.143. The summed E-state index contributed by atoms with van der Waals surface area (Å²) in [5.74, 6) is 0.371. The van der Waals surface area contributed by atoms with E-state index in [9.17, 15) is 4.39 Å². The van der Waals surface area contributed by atoms with Gasteiger partial charge in [-0.2, -0.15) is 20.0 Å². The van der Waals surface area contributed by atoms with Crippen LogP contribution in [-0.2, 0) is 6.42 Å². The Labute approximate surface area is 172 Å². The van der Waals surface area contributed by atoms with E-state index in [-0.39, 0.29) is 5.82 Å². The molecule has 4 rings (SSSR count). The quantitative estimate of drug-likeness (QED) is 0.396. The standard InChI is InChI=1S/C21H19FN6S/c1-14-19(15(2)27(26-14)18-6-4-3-5-7-18)13-23-28-20(24-25-21(28)29)12-16-8-10-17(22)11-9-16/h3-11,13H,12H2,1-2H3,(H,25,29)/b23-13-. The first-order valence-corrected chi connectivity index (χ1v) is 9.50. The van der Waals surface area contributed by atoms with E-state index >= 15 is 0 Å². The SMILES string of the molecule is Cc1nn(-c2ccccc2)c(C)c1/C=N\n1c(Cc2ccc(F)cc2)n[nH]c1=S. The number of nitrogens with zero attached hydrogens (tertiary/aromatic N) is 5. The molecule has 0 aliphatic carbocycles. The van der Waals surface area contributed by atoms with Crippen molar-refractivity contribution in [2.45, 2.75) is 20.3 Å². The maximum atomic E-state index is 13.1. The van der Waals surface area contributed by atoms with Crippen molar-refractivity contribution >= 4 is 18.4 Å². The number of aryl methyl sites for hydroxylation is 1. The average molecular weight is 406 g/mol. The minimum atomic E-state index is -0.271. The third-order valence-electron chi connectivity index (χ3n) is 4.64. The molecule has 2 heterocycles. The van der Waals surface area contributed by atoms with Crippen LogP contribution in [-0.4, -0.2) is 30.9 Å². The average Bonchev–Trinajstić information content (AvgIpc) is 3.21. The number of nitrogens with one attached hydrogen (secondary N) is 1. The molecule has 0 aliphatic heterocycles. The molecular formula is C21H19FN6S. The van der Waals surface area contributed by atoms with Gasteiger partial charge in [0.15, 0.2) is 5.82 Å². The zero-order valence-electron chi connectivity index (χ0n) is 16.0. The van der Waals surface area contributed by atoms with Crippen LogP contribution in [0.2, 0.25) is 0 Å². The summed E-state index contributed by atoms with van der Waals surface area (Å²) < 4.78 is 17.0. The van der Waals surface area contributed by atoms with Crippen LogP contribution in [0.1, 0.15) is 28.3 Å². The van der Waals surface area contributed by atoms with Gasteiger partial charge in [-0.25, -0.2) is 9.07 Å². The van der Waals surface area contributed by atoms with Gasteiger partial charge in [0.1, 0.15) is 5.82 Å². The summed E-state index contributed by atoms with van der Waals surface area (Å²) in [5.41, 5.74) is 4.67. The van der Waals surface area contributed by atoms with E-state index in [1.54, 1.807) is 23.0 Å². The molecule has 0 bridgehead atoms. The zero-order chi connectivity index (χ0) is 20.4. The molecule has 0 saturated carbocycles. The fourth-order valence-corrected chi connectivity index (χ4v) is 3.32. The summed E-state index contributed by atoms with van der Waals surface area (Å²) in [5, 5.41) is 16.2. The molecule has 1 N–H and O–H groups in total. The van der Waals surface area contributed by atoms with Gasteiger partial charge in [-0.15, -0.1) is 0 Å². The highest BCUT2D eigenvalue weighted by molar-refractivity contribution is 7.71. The number of hydrogen-bond acceptors (Lipinski definition) is 4. The van der Waals surface area contributed by atoms with Crippen molar-refractivity contribution in [1.29, 1.82) is 0 Å². The predicted octanol–water partition coefficient (Wildman–Crippen LogP) is 4.36. The fourth-order valence-electron chi connectivity index (χ4n) is 3.12. The molecule has 2 aromatic heterocycles. The van der Waals surface area contributed by atoms with E-state index in [1.807, 2.05) is 48.9 Å². The molecule has 0 aliphatic rings. The Kier molecular flexibility index (Phi) is 5.18.